The summed E-state index contributed by atoms with van der Waals surface area (Å²) < 4.78 is 9.51. The van der Waals surface area contributed by atoms with Crippen molar-refractivity contribution in [3.8, 4) is 73.1 Å². The molecule has 0 saturated carbocycles. The minimum Gasteiger partial charge on any atom is -0.457 e. The molecule has 2 aromatic heterocycles. The molecule has 73 heavy (non-hydrogen) atoms. The second-order valence-electron chi connectivity index (χ2n) is 21.7. The minimum absolute atomic E-state index is 0.166. The summed E-state index contributed by atoms with van der Waals surface area (Å²) in [6, 6.07) is 79.8. The molecule has 0 radical (unpaired) electrons. The molecule has 13 rings (SSSR count). The highest BCUT2D eigenvalue weighted by atomic mass is 16.5. The predicted molar refractivity (Wildman–Crippen MR) is 305 cm³/mol. The summed E-state index contributed by atoms with van der Waals surface area (Å²) >= 11 is 0. The van der Waals surface area contributed by atoms with Crippen LogP contribution in [0.5, 0.6) is 11.5 Å². The third-order valence-corrected chi connectivity index (χ3v) is 14.9. The molecule has 11 aromatic rings. The fraction of sp³-hybridized carbons (Fsp3) is 0.132. The Balaban J connectivity index is 1.12. The van der Waals surface area contributed by atoms with Crippen LogP contribution in [0, 0.1) is 0 Å². The summed E-state index contributed by atoms with van der Waals surface area (Å²) in [6.45, 7) is 14.3. The molecule has 2 aliphatic heterocycles. The van der Waals surface area contributed by atoms with Gasteiger partial charge in [0, 0.05) is 45.3 Å². The van der Waals surface area contributed by atoms with Crippen LogP contribution in [0.15, 0.2) is 218 Å². The lowest BCUT2D eigenvalue weighted by Crippen LogP contribution is -2.25. The first-order chi connectivity index (χ1) is 35.4. The first kappa shape index (κ1) is 44.3. The number of ether oxygens (including phenoxy) is 1. The van der Waals surface area contributed by atoms with E-state index < -0.39 is 0 Å². The highest BCUT2D eigenvalue weighted by Gasteiger charge is 2.33. The molecular formula is C68H56N4O. The molecule has 0 unspecified atom stereocenters. The third-order valence-electron chi connectivity index (χ3n) is 14.9. The van der Waals surface area contributed by atoms with Crippen LogP contribution >= 0.6 is 0 Å². The van der Waals surface area contributed by atoms with Crippen LogP contribution in [0.4, 0.5) is 22.7 Å². The van der Waals surface area contributed by atoms with Gasteiger partial charge >= 0.3 is 0 Å². The Morgan fingerprint density at radius 3 is 1.79 bits per heavy atom. The van der Waals surface area contributed by atoms with Gasteiger partial charge in [-0.1, -0.05) is 181 Å². The van der Waals surface area contributed by atoms with Crippen molar-refractivity contribution in [3.63, 3.8) is 0 Å². The van der Waals surface area contributed by atoms with Crippen LogP contribution in [0.1, 0.15) is 52.7 Å². The first-order valence-electron chi connectivity index (χ1n) is 25.5. The van der Waals surface area contributed by atoms with E-state index >= 15 is 0 Å². The van der Waals surface area contributed by atoms with Gasteiger partial charge in [0.05, 0.1) is 33.8 Å². The van der Waals surface area contributed by atoms with Crippen molar-refractivity contribution in [2.75, 3.05) is 16.5 Å². The van der Waals surface area contributed by atoms with E-state index in [-0.39, 0.29) is 10.8 Å². The molecule has 354 valence electrons. The molecule has 0 N–H and O–H groups in total. The van der Waals surface area contributed by atoms with Gasteiger partial charge in [-0.05, 0) is 122 Å². The normalized spacial score (nSPS) is 13.1. The molecule has 5 nitrogen and oxygen atoms in total. The summed E-state index contributed by atoms with van der Waals surface area (Å²) in [5.74, 6) is 2.40. The van der Waals surface area contributed by atoms with Crippen LogP contribution < -0.4 is 14.5 Å². The molecule has 9 aromatic carbocycles. The molecule has 0 spiro atoms. The number of hydrogen-bond donors (Lipinski definition) is 0. The van der Waals surface area contributed by atoms with Crippen LogP contribution in [0.3, 0.4) is 0 Å². The number of fused-ring (bicyclic) bond motifs is 23. The quantitative estimate of drug-likeness (QED) is 0.173. The number of rotatable bonds is 2. The largest absolute Gasteiger partial charge is 0.457 e. The Labute approximate surface area is 428 Å². The molecule has 0 atom stereocenters. The standard InChI is InChI=1S/C68H56N4O/c1-67(2,3)49-37-51-41-53(38-49)73-52-32-33-57-59-36-46(44-19-9-7-10-20-44)31-34-61(59)72(64(57)42-52)65-40-50(68(4,5)6)39-60(69-65)48-24-17-23-47(35-48)54-25-13-14-26-56(54)58-28-18-27-55(45-21-11-8-12-22-45)66(58)71-43-70(51)62-29-15-16-30-63(62)71/h7-42H,43H2,1-6H3. The number of nitrogens with zero attached hydrogens (tertiary/aromatic N) is 4. The maximum atomic E-state index is 7.16. The van der Waals surface area contributed by atoms with Crippen molar-refractivity contribution >= 4 is 44.6 Å². The molecule has 4 heterocycles. The lowest BCUT2D eigenvalue weighted by atomic mass is 9.86. The summed E-state index contributed by atoms with van der Waals surface area (Å²) in [5, 5.41) is 2.29. The second-order valence-corrected chi connectivity index (χ2v) is 21.7. The predicted octanol–water partition coefficient (Wildman–Crippen LogP) is 18.5. The average Bonchev–Trinajstić information content (AvgIpc) is 3.96. The fourth-order valence-electron chi connectivity index (χ4n) is 11.0. The van der Waals surface area contributed by atoms with Gasteiger partial charge in [0.15, 0.2) is 0 Å². The zero-order valence-electron chi connectivity index (χ0n) is 42.2. The number of benzene rings is 9. The highest BCUT2D eigenvalue weighted by Crippen LogP contribution is 2.52. The van der Waals surface area contributed by atoms with Crippen molar-refractivity contribution in [3.05, 3.63) is 230 Å². The number of anilines is 4. The molecule has 10 bridgehead atoms. The lowest BCUT2D eigenvalue weighted by molar-refractivity contribution is 0.479. The van der Waals surface area contributed by atoms with E-state index in [1.54, 1.807) is 0 Å². The number of pyridine rings is 1. The van der Waals surface area contributed by atoms with Gasteiger partial charge in [0.25, 0.3) is 0 Å². The van der Waals surface area contributed by atoms with E-state index in [0.717, 1.165) is 101 Å². The van der Waals surface area contributed by atoms with E-state index in [2.05, 4.69) is 274 Å². The Hall–Kier alpha value is -8.67. The maximum Gasteiger partial charge on any atom is 0.138 e. The summed E-state index contributed by atoms with van der Waals surface area (Å²) in [7, 11) is 0. The smallest absolute Gasteiger partial charge is 0.138 e. The summed E-state index contributed by atoms with van der Waals surface area (Å²) in [6.07, 6.45) is 0. The van der Waals surface area contributed by atoms with E-state index in [4.69, 9.17) is 9.72 Å². The van der Waals surface area contributed by atoms with Gasteiger partial charge in [-0.25, -0.2) is 4.98 Å². The van der Waals surface area contributed by atoms with Crippen LogP contribution in [-0.2, 0) is 10.8 Å². The van der Waals surface area contributed by atoms with Gasteiger partial charge in [-0.2, -0.15) is 0 Å². The average molecular weight is 945 g/mol. The van der Waals surface area contributed by atoms with Gasteiger partial charge in [0.2, 0.25) is 0 Å². The van der Waals surface area contributed by atoms with Crippen LogP contribution in [0.2, 0.25) is 0 Å². The maximum absolute atomic E-state index is 7.16. The van der Waals surface area contributed by atoms with Crippen molar-refractivity contribution in [2.24, 2.45) is 0 Å². The van der Waals surface area contributed by atoms with E-state index in [0.29, 0.717) is 6.67 Å². The van der Waals surface area contributed by atoms with Gasteiger partial charge < -0.3 is 14.5 Å². The Kier molecular flexibility index (Phi) is 10.3. The Bertz CT molecular complexity index is 3950. The monoisotopic (exact) mass is 944 g/mol. The molecule has 0 saturated heterocycles. The topological polar surface area (TPSA) is 33.5 Å². The number of para-hydroxylation sites is 3. The van der Waals surface area contributed by atoms with E-state index in [1.807, 2.05) is 0 Å². The third kappa shape index (κ3) is 7.75. The van der Waals surface area contributed by atoms with E-state index in [9.17, 15) is 0 Å². The summed E-state index contributed by atoms with van der Waals surface area (Å²) in [4.78, 5) is 10.6. The Morgan fingerprint density at radius 1 is 0.397 bits per heavy atom. The Morgan fingerprint density at radius 2 is 1.03 bits per heavy atom. The fourth-order valence-corrected chi connectivity index (χ4v) is 11.0. The second kappa shape index (κ2) is 17.0. The van der Waals surface area contributed by atoms with Crippen molar-refractivity contribution in [2.45, 2.75) is 52.4 Å². The first-order valence-corrected chi connectivity index (χ1v) is 25.5. The molecular weight excluding hydrogens is 889 g/mol. The molecule has 2 aliphatic rings. The number of aromatic nitrogens is 2. The highest BCUT2D eigenvalue weighted by molar-refractivity contribution is 6.11. The van der Waals surface area contributed by atoms with Crippen molar-refractivity contribution in [1.29, 1.82) is 0 Å². The van der Waals surface area contributed by atoms with Crippen LogP contribution in [-0.4, -0.2) is 16.2 Å². The lowest BCUT2D eigenvalue weighted by Gasteiger charge is -2.29. The molecule has 0 amide bonds. The zero-order chi connectivity index (χ0) is 49.6. The summed E-state index contributed by atoms with van der Waals surface area (Å²) in [5.41, 5.74) is 19.9. The van der Waals surface area contributed by atoms with E-state index in [1.165, 1.54) is 27.8 Å². The van der Waals surface area contributed by atoms with Gasteiger partial charge in [-0.3, -0.25) is 4.57 Å². The zero-order valence-corrected chi connectivity index (χ0v) is 42.2. The van der Waals surface area contributed by atoms with Gasteiger partial charge in [0.1, 0.15) is 24.0 Å². The van der Waals surface area contributed by atoms with Crippen LogP contribution in [0.25, 0.3) is 83.4 Å². The SMILES string of the molecule is CC(C)(C)c1cc2cc(c1)N1CN(c3ccccc31)c1c(-c3ccccc3)cccc1-c1ccccc1-c1cccc(c1)-c1cc(C(C)(C)C)cc(n1)-n1c3ccc(-c4ccccc4)cc3c3ccc(cc31)O2. The van der Waals surface area contributed by atoms with Gasteiger partial charge in [-0.15, -0.1) is 0 Å². The number of hydrogen-bond acceptors (Lipinski definition) is 4. The molecule has 5 heteroatoms. The minimum atomic E-state index is -0.171. The van der Waals surface area contributed by atoms with Crippen molar-refractivity contribution in [1.82, 2.24) is 9.55 Å². The molecule has 0 aliphatic carbocycles. The molecule has 0 fully saturated rings. The van der Waals surface area contributed by atoms with Crippen molar-refractivity contribution < 1.29 is 4.74 Å².